The third-order valence-electron chi connectivity index (χ3n) is 4.89. The van der Waals surface area contributed by atoms with Gasteiger partial charge in [0.25, 0.3) is 0 Å². The predicted octanol–water partition coefficient (Wildman–Crippen LogP) is 3.46. The molecule has 1 aliphatic rings. The summed E-state index contributed by atoms with van der Waals surface area (Å²) in [4.78, 5) is 12.8. The fourth-order valence-corrected chi connectivity index (χ4v) is 3.46. The number of halogens is 3. The van der Waals surface area contributed by atoms with Crippen molar-refractivity contribution in [3.63, 3.8) is 0 Å². The maximum atomic E-state index is 12.9. The van der Waals surface area contributed by atoms with E-state index in [-0.39, 0.29) is 5.82 Å². The lowest BCUT2D eigenvalue weighted by molar-refractivity contribution is -0.140. The van der Waals surface area contributed by atoms with E-state index in [0.29, 0.717) is 12.1 Å². The Balaban J connectivity index is 1.50. The molecule has 0 fully saturated rings. The van der Waals surface area contributed by atoms with Crippen LogP contribution in [0.4, 0.5) is 19.0 Å². The lowest BCUT2D eigenvalue weighted by Crippen LogP contribution is -2.26. The molecule has 4 rings (SSSR count). The first-order valence-corrected chi connectivity index (χ1v) is 9.32. The van der Waals surface area contributed by atoms with Gasteiger partial charge in [-0.15, -0.1) is 0 Å². The number of hydrogen-bond acceptors (Lipinski definition) is 5. The summed E-state index contributed by atoms with van der Waals surface area (Å²) in [6, 6.07) is 7.33. The number of aryl methyl sites for hydroxylation is 2. The zero-order valence-corrected chi connectivity index (χ0v) is 16.1. The second-order valence-electron chi connectivity index (χ2n) is 7.08. The lowest BCUT2D eigenvalue weighted by atomic mass is 10.1. The number of nitrogens with zero attached hydrogens (tertiary/aromatic N) is 4. The molecule has 0 unspecified atom stereocenters. The number of nitrogens with one attached hydrogen (secondary N) is 2. The molecule has 2 aromatic heterocycles. The Labute approximate surface area is 166 Å². The lowest BCUT2D eigenvalue weighted by Gasteiger charge is -2.20. The van der Waals surface area contributed by atoms with Crippen molar-refractivity contribution in [2.45, 2.75) is 32.6 Å². The SMILES string of the molecule is Cc1nc2c(c(NCc3ccc(-c4nc(C(F)(F)F)cn4C)cc3)n1)CCNC2. The molecule has 3 aromatic rings. The molecule has 0 radical (unpaired) electrons. The average molecular weight is 402 g/mol. The van der Waals surface area contributed by atoms with Crippen molar-refractivity contribution >= 4 is 5.82 Å². The van der Waals surface area contributed by atoms with Crippen LogP contribution in [0.25, 0.3) is 11.4 Å². The molecule has 152 valence electrons. The molecular formula is C20H21F3N6. The van der Waals surface area contributed by atoms with E-state index in [1.54, 1.807) is 19.2 Å². The molecule has 1 aliphatic heterocycles. The highest BCUT2D eigenvalue weighted by Gasteiger charge is 2.34. The van der Waals surface area contributed by atoms with E-state index < -0.39 is 11.9 Å². The quantitative estimate of drug-likeness (QED) is 0.700. The summed E-state index contributed by atoms with van der Waals surface area (Å²) >= 11 is 0. The standard InChI is InChI=1S/C20H21F3N6/c1-12-26-16-10-24-8-7-15(16)18(27-12)25-9-13-3-5-14(6-4-13)19-28-17(11-29(19)2)20(21,22)23/h3-6,11,24H,7-10H2,1-2H3,(H,25,26,27). The fourth-order valence-electron chi connectivity index (χ4n) is 3.46. The summed E-state index contributed by atoms with van der Waals surface area (Å²) in [5.74, 6) is 1.85. The highest BCUT2D eigenvalue weighted by molar-refractivity contribution is 5.57. The topological polar surface area (TPSA) is 67.7 Å². The van der Waals surface area contributed by atoms with Gasteiger partial charge < -0.3 is 15.2 Å². The number of alkyl halides is 3. The summed E-state index contributed by atoms with van der Waals surface area (Å²) in [5.41, 5.74) is 2.90. The maximum Gasteiger partial charge on any atom is 0.434 e. The minimum atomic E-state index is -4.45. The van der Waals surface area contributed by atoms with Crippen molar-refractivity contribution in [3.05, 3.63) is 58.8 Å². The largest absolute Gasteiger partial charge is 0.434 e. The van der Waals surface area contributed by atoms with Crippen molar-refractivity contribution < 1.29 is 13.2 Å². The normalized spacial score (nSPS) is 14.0. The molecule has 0 amide bonds. The summed E-state index contributed by atoms with van der Waals surface area (Å²) in [6.07, 6.45) is -2.58. The third kappa shape index (κ3) is 4.09. The monoisotopic (exact) mass is 402 g/mol. The van der Waals surface area contributed by atoms with Gasteiger partial charge in [0.2, 0.25) is 0 Å². The van der Waals surface area contributed by atoms with E-state index >= 15 is 0 Å². The van der Waals surface area contributed by atoms with Crippen LogP contribution in [0.1, 0.15) is 28.3 Å². The Bertz CT molecular complexity index is 1020. The zero-order chi connectivity index (χ0) is 20.6. The van der Waals surface area contributed by atoms with Crippen molar-refractivity contribution in [2.24, 2.45) is 7.05 Å². The van der Waals surface area contributed by atoms with Crippen LogP contribution in [-0.2, 0) is 32.7 Å². The van der Waals surface area contributed by atoms with Gasteiger partial charge in [-0.3, -0.25) is 0 Å². The van der Waals surface area contributed by atoms with E-state index in [9.17, 15) is 13.2 Å². The van der Waals surface area contributed by atoms with Crippen LogP contribution in [0.3, 0.4) is 0 Å². The molecule has 0 bridgehead atoms. The molecule has 0 saturated carbocycles. The number of aromatic nitrogens is 4. The number of rotatable bonds is 4. The van der Waals surface area contributed by atoms with Gasteiger partial charge in [-0.05, 0) is 25.5 Å². The van der Waals surface area contributed by atoms with E-state index in [2.05, 4.69) is 25.6 Å². The van der Waals surface area contributed by atoms with Crippen LogP contribution in [0.2, 0.25) is 0 Å². The van der Waals surface area contributed by atoms with E-state index in [0.717, 1.165) is 54.2 Å². The fraction of sp³-hybridized carbons (Fsp3) is 0.350. The van der Waals surface area contributed by atoms with Crippen molar-refractivity contribution in [1.29, 1.82) is 0 Å². The Kier molecular flexibility index (Phi) is 4.99. The van der Waals surface area contributed by atoms with E-state index in [1.165, 1.54) is 4.57 Å². The highest BCUT2D eigenvalue weighted by atomic mass is 19.4. The molecule has 3 heterocycles. The second kappa shape index (κ2) is 7.47. The molecule has 0 spiro atoms. The molecule has 0 aliphatic carbocycles. The number of fused-ring (bicyclic) bond motifs is 1. The molecule has 6 nitrogen and oxygen atoms in total. The Morgan fingerprint density at radius 2 is 1.90 bits per heavy atom. The van der Waals surface area contributed by atoms with Gasteiger partial charge in [-0.25, -0.2) is 15.0 Å². The summed E-state index contributed by atoms with van der Waals surface area (Å²) in [7, 11) is 1.56. The summed E-state index contributed by atoms with van der Waals surface area (Å²) in [5, 5.41) is 6.69. The van der Waals surface area contributed by atoms with Gasteiger partial charge in [0.05, 0.1) is 5.69 Å². The van der Waals surface area contributed by atoms with Crippen LogP contribution in [0.15, 0.2) is 30.5 Å². The van der Waals surface area contributed by atoms with Gasteiger partial charge in [-0.1, -0.05) is 24.3 Å². The Hall–Kier alpha value is -2.94. The van der Waals surface area contributed by atoms with Crippen molar-refractivity contribution in [3.8, 4) is 11.4 Å². The molecule has 2 N–H and O–H groups in total. The van der Waals surface area contributed by atoms with Crippen LogP contribution < -0.4 is 10.6 Å². The van der Waals surface area contributed by atoms with Gasteiger partial charge in [-0.2, -0.15) is 13.2 Å². The summed E-state index contributed by atoms with van der Waals surface area (Å²) < 4.78 is 40.0. The first kappa shape index (κ1) is 19.4. The maximum absolute atomic E-state index is 12.9. The van der Waals surface area contributed by atoms with Gasteiger partial charge in [0, 0.05) is 37.5 Å². The van der Waals surface area contributed by atoms with Crippen molar-refractivity contribution in [2.75, 3.05) is 11.9 Å². The van der Waals surface area contributed by atoms with E-state index in [1.807, 2.05) is 19.1 Å². The van der Waals surface area contributed by atoms with Crippen molar-refractivity contribution in [1.82, 2.24) is 24.8 Å². The van der Waals surface area contributed by atoms with E-state index in [4.69, 9.17) is 0 Å². The second-order valence-corrected chi connectivity index (χ2v) is 7.08. The van der Waals surface area contributed by atoms with Gasteiger partial charge in [0.15, 0.2) is 5.69 Å². The van der Waals surface area contributed by atoms with Crippen LogP contribution in [0.5, 0.6) is 0 Å². The van der Waals surface area contributed by atoms with Crippen LogP contribution >= 0.6 is 0 Å². The molecule has 9 heteroatoms. The van der Waals surface area contributed by atoms with Crippen LogP contribution in [0, 0.1) is 6.92 Å². The first-order valence-electron chi connectivity index (χ1n) is 9.32. The summed E-state index contributed by atoms with van der Waals surface area (Å²) in [6.45, 7) is 4.07. The van der Waals surface area contributed by atoms with Crippen LogP contribution in [-0.4, -0.2) is 26.1 Å². The predicted molar refractivity (Wildman–Crippen MR) is 103 cm³/mol. The zero-order valence-electron chi connectivity index (χ0n) is 16.1. The molecule has 29 heavy (non-hydrogen) atoms. The highest BCUT2D eigenvalue weighted by Crippen LogP contribution is 2.30. The first-order chi connectivity index (χ1) is 13.8. The number of imidazole rings is 1. The third-order valence-corrected chi connectivity index (χ3v) is 4.89. The minimum absolute atomic E-state index is 0.282. The van der Waals surface area contributed by atoms with Gasteiger partial charge in [0.1, 0.15) is 17.5 Å². The smallest absolute Gasteiger partial charge is 0.366 e. The molecule has 1 aromatic carbocycles. The number of anilines is 1. The minimum Gasteiger partial charge on any atom is -0.366 e. The Morgan fingerprint density at radius 1 is 1.14 bits per heavy atom. The number of benzene rings is 1. The molecule has 0 atom stereocenters. The molecular weight excluding hydrogens is 381 g/mol. The number of hydrogen-bond donors (Lipinski definition) is 2. The van der Waals surface area contributed by atoms with Gasteiger partial charge >= 0.3 is 6.18 Å². The molecule has 0 saturated heterocycles. The Morgan fingerprint density at radius 3 is 2.59 bits per heavy atom. The average Bonchev–Trinajstić information content (AvgIpc) is 3.08.